The highest BCUT2D eigenvalue weighted by atomic mass is 32.2. The van der Waals surface area contributed by atoms with Gasteiger partial charge in [0.2, 0.25) is 10.0 Å². The number of benzene rings is 1. The molecule has 1 aromatic carbocycles. The van der Waals surface area contributed by atoms with Gasteiger partial charge in [-0.2, -0.15) is 0 Å². The van der Waals surface area contributed by atoms with Gasteiger partial charge in [-0.25, -0.2) is 13.1 Å². The predicted molar refractivity (Wildman–Crippen MR) is 77.9 cm³/mol. The molecule has 1 fully saturated rings. The average Bonchev–Trinajstić information content (AvgIpc) is 2.83. The van der Waals surface area contributed by atoms with E-state index in [4.69, 9.17) is 10.5 Å². The number of hydrogen-bond acceptors (Lipinski definition) is 4. The van der Waals surface area contributed by atoms with Gasteiger partial charge in [0, 0.05) is 13.2 Å². The number of sulfonamides is 1. The Morgan fingerprint density at radius 2 is 2.20 bits per heavy atom. The Balaban J connectivity index is 2.32. The fourth-order valence-electron chi connectivity index (χ4n) is 2.42. The first kappa shape index (κ1) is 15.4. The molecule has 0 radical (unpaired) electrons. The van der Waals surface area contributed by atoms with E-state index in [9.17, 15) is 8.42 Å². The first-order valence-electron chi connectivity index (χ1n) is 6.93. The fourth-order valence-corrected chi connectivity index (χ4v) is 4.12. The second-order valence-corrected chi connectivity index (χ2v) is 6.77. The van der Waals surface area contributed by atoms with Gasteiger partial charge in [0.15, 0.2) is 0 Å². The van der Waals surface area contributed by atoms with E-state index in [1.54, 1.807) is 6.07 Å². The van der Waals surface area contributed by atoms with Crippen LogP contribution in [0.4, 0.5) is 0 Å². The van der Waals surface area contributed by atoms with Crippen LogP contribution in [-0.4, -0.2) is 27.2 Å². The van der Waals surface area contributed by atoms with Gasteiger partial charge in [0.1, 0.15) is 0 Å². The molecule has 2 atom stereocenters. The Kier molecular flexibility index (Phi) is 4.80. The zero-order valence-corrected chi connectivity index (χ0v) is 12.7. The van der Waals surface area contributed by atoms with Crippen molar-refractivity contribution in [3.8, 4) is 0 Å². The summed E-state index contributed by atoms with van der Waals surface area (Å²) in [6.45, 7) is 4.75. The van der Waals surface area contributed by atoms with Gasteiger partial charge in [-0.05, 0) is 37.0 Å². The Morgan fingerprint density at radius 1 is 1.45 bits per heavy atom. The fraction of sp³-hybridized carbons (Fsp3) is 0.571. The van der Waals surface area contributed by atoms with Crippen LogP contribution in [0.2, 0.25) is 0 Å². The molecule has 0 bridgehead atoms. The van der Waals surface area contributed by atoms with E-state index >= 15 is 0 Å². The van der Waals surface area contributed by atoms with E-state index in [-0.39, 0.29) is 12.1 Å². The van der Waals surface area contributed by atoms with E-state index in [1.165, 1.54) is 0 Å². The summed E-state index contributed by atoms with van der Waals surface area (Å²) in [6.07, 6.45) is 1.28. The lowest BCUT2D eigenvalue weighted by atomic mass is 10.1. The van der Waals surface area contributed by atoms with Gasteiger partial charge in [-0.1, -0.05) is 19.1 Å². The van der Waals surface area contributed by atoms with E-state index in [0.29, 0.717) is 30.9 Å². The summed E-state index contributed by atoms with van der Waals surface area (Å²) in [5, 5.41) is 0. The lowest BCUT2D eigenvalue weighted by Gasteiger charge is -2.18. The molecule has 1 aliphatic rings. The number of aryl methyl sites for hydroxylation is 1. The molecular weight excluding hydrogens is 276 g/mol. The van der Waals surface area contributed by atoms with Crippen LogP contribution in [0.5, 0.6) is 0 Å². The monoisotopic (exact) mass is 298 g/mol. The third kappa shape index (κ3) is 3.20. The summed E-state index contributed by atoms with van der Waals surface area (Å²) in [5.41, 5.74) is 7.23. The molecule has 0 aromatic heterocycles. The predicted octanol–water partition coefficient (Wildman–Crippen LogP) is 1.16. The lowest BCUT2D eigenvalue weighted by molar-refractivity contribution is 0.117. The lowest BCUT2D eigenvalue weighted by Crippen LogP contribution is -2.39. The van der Waals surface area contributed by atoms with Crippen molar-refractivity contribution in [3.05, 3.63) is 29.3 Å². The van der Waals surface area contributed by atoms with Gasteiger partial charge in [0.25, 0.3) is 0 Å². The van der Waals surface area contributed by atoms with Gasteiger partial charge in [0.05, 0.1) is 17.0 Å². The van der Waals surface area contributed by atoms with Crippen molar-refractivity contribution in [2.75, 3.05) is 6.61 Å². The molecular formula is C14H22N2O3S. The van der Waals surface area contributed by atoms with Crippen LogP contribution in [0.25, 0.3) is 0 Å². The molecule has 1 aromatic rings. The van der Waals surface area contributed by atoms with Crippen molar-refractivity contribution < 1.29 is 13.2 Å². The van der Waals surface area contributed by atoms with E-state index < -0.39 is 10.0 Å². The number of ether oxygens (including phenoxy) is 1. The molecule has 6 heteroatoms. The van der Waals surface area contributed by atoms with Crippen LogP contribution in [0.15, 0.2) is 23.1 Å². The molecule has 2 rings (SSSR count). The SMILES string of the molecule is CCc1ccc(CN)cc1S(=O)(=O)NC1CCOC1C. The molecule has 0 amide bonds. The molecule has 5 nitrogen and oxygen atoms in total. The maximum atomic E-state index is 12.6. The topological polar surface area (TPSA) is 81.4 Å². The number of nitrogens with two attached hydrogens (primary N) is 1. The zero-order chi connectivity index (χ0) is 14.8. The van der Waals surface area contributed by atoms with Crippen molar-refractivity contribution in [2.24, 2.45) is 5.73 Å². The summed E-state index contributed by atoms with van der Waals surface area (Å²) in [7, 11) is -3.54. The molecule has 0 spiro atoms. The Morgan fingerprint density at radius 3 is 2.75 bits per heavy atom. The molecule has 2 unspecified atom stereocenters. The highest BCUT2D eigenvalue weighted by Crippen LogP contribution is 2.21. The molecule has 3 N–H and O–H groups in total. The van der Waals surface area contributed by atoms with E-state index in [2.05, 4.69) is 4.72 Å². The number of rotatable bonds is 5. The zero-order valence-electron chi connectivity index (χ0n) is 11.9. The minimum Gasteiger partial charge on any atom is -0.377 e. The molecule has 0 saturated carbocycles. The Hall–Kier alpha value is -0.950. The van der Waals surface area contributed by atoms with Gasteiger partial charge in [-0.15, -0.1) is 0 Å². The number of hydrogen-bond donors (Lipinski definition) is 2. The van der Waals surface area contributed by atoms with Gasteiger partial charge < -0.3 is 10.5 Å². The average molecular weight is 298 g/mol. The van der Waals surface area contributed by atoms with Gasteiger partial charge in [-0.3, -0.25) is 0 Å². The molecule has 112 valence electrons. The summed E-state index contributed by atoms with van der Waals surface area (Å²) in [6, 6.07) is 5.22. The van der Waals surface area contributed by atoms with E-state index in [1.807, 2.05) is 26.0 Å². The minimum absolute atomic E-state index is 0.0902. The molecule has 1 saturated heterocycles. The standard InChI is InChI=1S/C14H22N2O3S/c1-3-12-5-4-11(9-15)8-14(12)20(17,18)16-13-6-7-19-10(13)2/h4-5,8,10,13,16H,3,6-7,9,15H2,1-2H3. The highest BCUT2D eigenvalue weighted by Gasteiger charge is 2.30. The highest BCUT2D eigenvalue weighted by molar-refractivity contribution is 7.89. The molecule has 1 heterocycles. The van der Waals surface area contributed by atoms with E-state index in [0.717, 1.165) is 11.1 Å². The minimum atomic E-state index is -3.54. The van der Waals surface area contributed by atoms with Crippen LogP contribution in [0.1, 0.15) is 31.4 Å². The van der Waals surface area contributed by atoms with Crippen LogP contribution in [0, 0.1) is 0 Å². The quantitative estimate of drug-likeness (QED) is 0.855. The maximum Gasteiger partial charge on any atom is 0.241 e. The second-order valence-electron chi connectivity index (χ2n) is 5.09. The smallest absolute Gasteiger partial charge is 0.241 e. The van der Waals surface area contributed by atoms with Crippen LogP contribution in [0.3, 0.4) is 0 Å². The Labute approximate surface area is 120 Å². The van der Waals surface area contributed by atoms with Crippen LogP contribution in [-0.2, 0) is 27.7 Å². The molecule has 0 aliphatic carbocycles. The van der Waals surface area contributed by atoms with Crippen molar-refractivity contribution in [1.29, 1.82) is 0 Å². The summed E-state index contributed by atoms with van der Waals surface area (Å²) in [5.74, 6) is 0. The summed E-state index contributed by atoms with van der Waals surface area (Å²) >= 11 is 0. The van der Waals surface area contributed by atoms with Crippen LogP contribution >= 0.6 is 0 Å². The number of nitrogens with one attached hydrogen (secondary N) is 1. The Bertz CT molecular complexity index is 572. The van der Waals surface area contributed by atoms with Crippen LogP contribution < -0.4 is 10.5 Å². The largest absolute Gasteiger partial charge is 0.377 e. The first-order valence-corrected chi connectivity index (χ1v) is 8.42. The second kappa shape index (κ2) is 6.22. The molecule has 1 aliphatic heterocycles. The summed E-state index contributed by atoms with van der Waals surface area (Å²) < 4.78 is 33.3. The normalized spacial score (nSPS) is 23.1. The summed E-state index contributed by atoms with van der Waals surface area (Å²) in [4.78, 5) is 0.335. The van der Waals surface area contributed by atoms with Crippen molar-refractivity contribution >= 4 is 10.0 Å². The van der Waals surface area contributed by atoms with Gasteiger partial charge >= 0.3 is 0 Å². The van der Waals surface area contributed by atoms with Crippen molar-refractivity contribution in [2.45, 2.75) is 50.3 Å². The first-order chi connectivity index (χ1) is 9.47. The maximum absolute atomic E-state index is 12.6. The van der Waals surface area contributed by atoms with Crippen molar-refractivity contribution in [3.63, 3.8) is 0 Å². The third-order valence-electron chi connectivity index (χ3n) is 3.72. The van der Waals surface area contributed by atoms with Crippen molar-refractivity contribution in [1.82, 2.24) is 4.72 Å². The molecule has 20 heavy (non-hydrogen) atoms. The third-order valence-corrected chi connectivity index (χ3v) is 5.29.